The van der Waals surface area contributed by atoms with E-state index in [4.69, 9.17) is 18.9 Å². The zero-order valence-electron chi connectivity index (χ0n) is 23.6. The third-order valence-electron chi connectivity index (χ3n) is 5.46. The van der Waals surface area contributed by atoms with Gasteiger partial charge in [-0.2, -0.15) is 0 Å². The number of ether oxygens (including phenoxy) is 4. The lowest BCUT2D eigenvalue weighted by Crippen LogP contribution is -2.11. The third-order valence-corrected chi connectivity index (χ3v) is 5.46. The molecule has 0 bridgehead atoms. The molecule has 0 spiro atoms. The fourth-order valence-electron chi connectivity index (χ4n) is 3.05. The van der Waals surface area contributed by atoms with Crippen LogP contribution in [0.25, 0.3) is 11.1 Å². The van der Waals surface area contributed by atoms with E-state index in [0.717, 1.165) is 0 Å². The number of esters is 4. The minimum Gasteiger partial charge on any atom is -0.423 e. The topological polar surface area (TPSA) is 105 Å². The summed E-state index contributed by atoms with van der Waals surface area (Å²) in [5.74, 6) is -2.09. The van der Waals surface area contributed by atoms with Crippen molar-refractivity contribution in [3.05, 3.63) is 96.1 Å². The smallest absolute Gasteiger partial charge is 0.338 e. The molecule has 0 amide bonds. The second-order valence-corrected chi connectivity index (χ2v) is 9.28. The van der Waals surface area contributed by atoms with Gasteiger partial charge < -0.3 is 18.9 Å². The van der Waals surface area contributed by atoms with Crippen LogP contribution in [-0.4, -0.2) is 23.9 Å². The average Bonchev–Trinajstić information content (AvgIpc) is 2.87. The Morgan fingerprint density at radius 3 is 1.32 bits per heavy atom. The molecule has 0 heterocycles. The van der Waals surface area contributed by atoms with Crippen molar-refractivity contribution in [2.24, 2.45) is 0 Å². The Morgan fingerprint density at radius 2 is 0.900 bits per heavy atom. The molecule has 0 aromatic heterocycles. The molecule has 0 aliphatic carbocycles. The second-order valence-electron chi connectivity index (χ2n) is 9.28. The molecule has 8 nitrogen and oxygen atoms in total. The fraction of sp³-hybridized carbons (Fsp3) is 0.188. The first-order valence-electron chi connectivity index (χ1n) is 12.1. The van der Waals surface area contributed by atoms with Gasteiger partial charge in [-0.1, -0.05) is 26.3 Å². The van der Waals surface area contributed by atoms with Crippen LogP contribution in [0.5, 0.6) is 23.0 Å². The van der Waals surface area contributed by atoms with Crippen LogP contribution < -0.4 is 18.9 Å². The SMILES string of the molecule is C=C(C)C(=O)Oc1cc(OC(=O)C(=C)C)cc(/C(C)=C(\C)c2ccc(OC(=O)C(=C)C)cc2OC(=O)C(=C)C)c1. The Labute approximate surface area is 233 Å². The number of allylic oxidation sites excluding steroid dienone is 2. The molecule has 208 valence electrons. The Kier molecular flexibility index (Phi) is 10.3. The summed E-state index contributed by atoms with van der Waals surface area (Å²) in [6.07, 6.45) is 0. The van der Waals surface area contributed by atoms with Gasteiger partial charge >= 0.3 is 23.9 Å². The molecule has 0 saturated carbocycles. The number of carbonyl (C=O) groups excluding carboxylic acids is 4. The van der Waals surface area contributed by atoms with Gasteiger partial charge in [-0.25, -0.2) is 19.2 Å². The highest BCUT2D eigenvalue weighted by molar-refractivity contribution is 5.95. The minimum atomic E-state index is -0.669. The third kappa shape index (κ3) is 8.26. The lowest BCUT2D eigenvalue weighted by Gasteiger charge is -2.16. The maximum atomic E-state index is 12.4. The van der Waals surface area contributed by atoms with Crippen molar-refractivity contribution in [3.63, 3.8) is 0 Å². The highest BCUT2D eigenvalue weighted by atomic mass is 16.6. The van der Waals surface area contributed by atoms with Crippen LogP contribution >= 0.6 is 0 Å². The minimum absolute atomic E-state index is 0.121. The molecule has 0 radical (unpaired) electrons. The van der Waals surface area contributed by atoms with Crippen molar-refractivity contribution in [1.82, 2.24) is 0 Å². The molecule has 0 atom stereocenters. The molecule has 8 heteroatoms. The predicted octanol–water partition coefficient (Wildman–Crippen LogP) is 6.56. The van der Waals surface area contributed by atoms with E-state index in [2.05, 4.69) is 26.3 Å². The summed E-state index contributed by atoms with van der Waals surface area (Å²) in [6.45, 7) is 24.0. The summed E-state index contributed by atoms with van der Waals surface area (Å²) in [4.78, 5) is 48.8. The lowest BCUT2D eigenvalue weighted by molar-refractivity contribution is -0.131. The number of hydrogen-bond acceptors (Lipinski definition) is 8. The van der Waals surface area contributed by atoms with Gasteiger partial charge in [0.1, 0.15) is 23.0 Å². The molecule has 0 aliphatic heterocycles. The number of rotatable bonds is 10. The molecule has 0 saturated heterocycles. The standard InChI is InChI=1S/C32H32O8/c1-17(2)29(33)37-24-11-12-27(28(16-24)40-32(36)20(7)8)22(10)21(9)23-13-25(38-30(34)18(3)4)15-26(14-23)39-31(35)19(5)6/h11-16H,1,3,5,7H2,2,4,6,8-10H3/b22-21+. The van der Waals surface area contributed by atoms with Gasteiger partial charge in [0.2, 0.25) is 0 Å². The quantitative estimate of drug-likeness (QED) is 0.143. The number of hydrogen-bond donors (Lipinski definition) is 0. The number of benzene rings is 2. The Balaban J connectivity index is 2.68. The maximum absolute atomic E-state index is 12.4. The van der Waals surface area contributed by atoms with E-state index in [-0.39, 0.29) is 45.3 Å². The average molecular weight is 545 g/mol. The highest BCUT2D eigenvalue weighted by Crippen LogP contribution is 2.37. The fourth-order valence-corrected chi connectivity index (χ4v) is 3.05. The molecular weight excluding hydrogens is 512 g/mol. The molecular formula is C32H32O8. The van der Waals surface area contributed by atoms with Crippen molar-refractivity contribution in [3.8, 4) is 23.0 Å². The first-order valence-corrected chi connectivity index (χ1v) is 12.1. The second kappa shape index (κ2) is 13.2. The Bertz CT molecular complexity index is 1440. The van der Waals surface area contributed by atoms with Crippen LogP contribution in [0.3, 0.4) is 0 Å². The Hall–Kier alpha value is -4.98. The molecule has 2 aromatic carbocycles. The summed E-state index contributed by atoms with van der Waals surface area (Å²) < 4.78 is 21.7. The van der Waals surface area contributed by atoms with E-state index in [0.29, 0.717) is 22.3 Å². The van der Waals surface area contributed by atoms with Crippen LogP contribution in [0.4, 0.5) is 0 Å². The molecule has 0 aliphatic rings. The zero-order valence-corrected chi connectivity index (χ0v) is 23.6. The molecule has 0 unspecified atom stereocenters. The van der Waals surface area contributed by atoms with E-state index in [1.54, 1.807) is 38.1 Å². The summed E-state index contributed by atoms with van der Waals surface area (Å²) in [5.41, 5.74) is 3.12. The van der Waals surface area contributed by atoms with Crippen molar-refractivity contribution >= 4 is 35.0 Å². The highest BCUT2D eigenvalue weighted by Gasteiger charge is 2.18. The normalized spacial score (nSPS) is 10.9. The van der Waals surface area contributed by atoms with Crippen LogP contribution in [0, 0.1) is 0 Å². The maximum Gasteiger partial charge on any atom is 0.338 e. The van der Waals surface area contributed by atoms with E-state index in [9.17, 15) is 19.2 Å². The van der Waals surface area contributed by atoms with Crippen molar-refractivity contribution in [2.75, 3.05) is 0 Å². The number of carbonyl (C=O) groups is 4. The summed E-state index contributed by atoms with van der Waals surface area (Å²) in [7, 11) is 0. The van der Waals surface area contributed by atoms with Gasteiger partial charge in [0, 0.05) is 40.0 Å². The summed E-state index contributed by atoms with van der Waals surface area (Å²) >= 11 is 0. The first-order chi connectivity index (χ1) is 18.6. The lowest BCUT2D eigenvalue weighted by atomic mass is 9.96. The molecule has 0 fully saturated rings. The van der Waals surface area contributed by atoms with Crippen molar-refractivity contribution in [1.29, 1.82) is 0 Å². The van der Waals surface area contributed by atoms with Crippen LogP contribution in [-0.2, 0) is 19.2 Å². The van der Waals surface area contributed by atoms with Gasteiger partial charge in [0.05, 0.1) is 0 Å². The largest absolute Gasteiger partial charge is 0.423 e. The predicted molar refractivity (Wildman–Crippen MR) is 153 cm³/mol. The van der Waals surface area contributed by atoms with E-state index in [1.165, 1.54) is 39.8 Å². The molecule has 2 aromatic rings. The van der Waals surface area contributed by atoms with Gasteiger partial charge in [-0.05, 0) is 82.5 Å². The van der Waals surface area contributed by atoms with Gasteiger partial charge in [0.25, 0.3) is 0 Å². The Morgan fingerprint density at radius 1 is 0.500 bits per heavy atom. The van der Waals surface area contributed by atoms with Gasteiger partial charge in [-0.3, -0.25) is 0 Å². The van der Waals surface area contributed by atoms with Crippen molar-refractivity contribution < 1.29 is 38.1 Å². The zero-order chi connectivity index (χ0) is 30.3. The molecule has 40 heavy (non-hydrogen) atoms. The summed E-state index contributed by atoms with van der Waals surface area (Å²) in [5, 5.41) is 0. The monoisotopic (exact) mass is 544 g/mol. The van der Waals surface area contributed by atoms with Crippen LogP contribution in [0.15, 0.2) is 85.0 Å². The van der Waals surface area contributed by atoms with Crippen LogP contribution in [0.2, 0.25) is 0 Å². The van der Waals surface area contributed by atoms with Gasteiger partial charge in [-0.15, -0.1) is 0 Å². The van der Waals surface area contributed by atoms with E-state index < -0.39 is 23.9 Å². The van der Waals surface area contributed by atoms with E-state index >= 15 is 0 Å². The molecule has 2 rings (SSSR count). The van der Waals surface area contributed by atoms with E-state index in [1.807, 2.05) is 0 Å². The first kappa shape index (κ1) is 31.2. The molecule has 0 N–H and O–H groups in total. The van der Waals surface area contributed by atoms with Crippen LogP contribution in [0.1, 0.15) is 52.7 Å². The van der Waals surface area contributed by atoms with Crippen molar-refractivity contribution in [2.45, 2.75) is 41.5 Å². The summed E-state index contributed by atoms with van der Waals surface area (Å²) in [6, 6.07) is 9.20. The van der Waals surface area contributed by atoms with Gasteiger partial charge in [0.15, 0.2) is 0 Å².